The standard InChI is InChI=1S/2C4H4O4.Li.Na/c2*5-3(6)1-2-4(7)8;;/h2*1-2H,(H,5,6)(H,7,8);;/q;;2*+1/p-2/b2*2-1-;;. The second kappa shape index (κ2) is 16.0. The summed E-state index contributed by atoms with van der Waals surface area (Å²) in [6.07, 6.45) is 1.88. The van der Waals surface area contributed by atoms with Crippen LogP contribution in [0.3, 0.4) is 0 Å². The molecule has 0 amide bonds. The van der Waals surface area contributed by atoms with Gasteiger partial charge in [-0.2, -0.15) is 0 Å². The van der Waals surface area contributed by atoms with Crippen LogP contribution in [0.2, 0.25) is 0 Å². The molecule has 0 aromatic heterocycles. The monoisotopic (exact) mass is 260 g/mol. The summed E-state index contributed by atoms with van der Waals surface area (Å²) in [6, 6.07) is 0. The van der Waals surface area contributed by atoms with Crippen molar-refractivity contribution >= 4 is 23.9 Å². The van der Waals surface area contributed by atoms with E-state index in [-0.39, 0.29) is 48.4 Å². The van der Waals surface area contributed by atoms with E-state index in [1.54, 1.807) is 0 Å². The summed E-state index contributed by atoms with van der Waals surface area (Å²) in [5, 5.41) is 34.5. The largest absolute Gasteiger partial charge is 1.00 e. The van der Waals surface area contributed by atoms with Gasteiger partial charge >= 0.3 is 60.4 Å². The number of carboxylic acid groups (broad SMARTS) is 4. The summed E-state index contributed by atoms with van der Waals surface area (Å²) >= 11 is 0. The summed E-state index contributed by atoms with van der Waals surface area (Å²) in [4.78, 5) is 37.9. The first-order valence-corrected chi connectivity index (χ1v) is 3.49. The van der Waals surface area contributed by atoms with Crippen molar-refractivity contribution in [2.45, 2.75) is 0 Å². The molecule has 0 unspecified atom stereocenters. The SMILES string of the molecule is O=C(O)/C=C\C(=O)O.O=C([O-])/C=C\C(=O)[O-].[Li+].[Na+]. The number of rotatable bonds is 4. The van der Waals surface area contributed by atoms with Gasteiger partial charge in [0, 0.05) is 12.2 Å². The van der Waals surface area contributed by atoms with Crippen LogP contribution in [0.5, 0.6) is 0 Å². The molecule has 0 aliphatic rings. The molecule has 10 heteroatoms. The number of carbonyl (C=O) groups excluding carboxylic acids is 2. The topological polar surface area (TPSA) is 155 Å². The number of hydrogen-bond acceptors (Lipinski definition) is 6. The predicted molar refractivity (Wildman–Crippen MR) is 43.6 cm³/mol. The molecule has 2 N–H and O–H groups in total. The molecule has 0 aromatic carbocycles. The van der Waals surface area contributed by atoms with Crippen LogP contribution in [0, 0.1) is 0 Å². The second-order valence-corrected chi connectivity index (χ2v) is 1.98. The van der Waals surface area contributed by atoms with Gasteiger partial charge in [-0.3, -0.25) is 0 Å². The third-order valence-electron chi connectivity index (χ3n) is 0.724. The van der Waals surface area contributed by atoms with Crippen molar-refractivity contribution in [2.75, 3.05) is 0 Å². The third-order valence-corrected chi connectivity index (χ3v) is 0.724. The number of carbonyl (C=O) groups is 4. The van der Waals surface area contributed by atoms with Crippen LogP contribution >= 0.6 is 0 Å². The Morgan fingerprint density at radius 1 is 0.722 bits per heavy atom. The van der Waals surface area contributed by atoms with Crippen LogP contribution in [-0.2, 0) is 19.2 Å². The predicted octanol–water partition coefficient (Wildman–Crippen LogP) is -9.24. The summed E-state index contributed by atoms with van der Waals surface area (Å²) in [6.45, 7) is 0. The van der Waals surface area contributed by atoms with Crippen LogP contribution in [0.4, 0.5) is 0 Å². The molecule has 0 spiro atoms. The fourth-order valence-electron chi connectivity index (χ4n) is 0.279. The molecule has 0 saturated heterocycles. The van der Waals surface area contributed by atoms with E-state index < -0.39 is 23.9 Å². The second-order valence-electron chi connectivity index (χ2n) is 1.98. The minimum Gasteiger partial charge on any atom is -0.545 e. The van der Waals surface area contributed by atoms with E-state index in [0.717, 1.165) is 0 Å². The first-order chi connectivity index (χ1) is 7.25. The van der Waals surface area contributed by atoms with E-state index in [0.29, 0.717) is 24.3 Å². The number of hydrogen-bond donors (Lipinski definition) is 2. The Hall–Kier alpha value is -1.04. The van der Waals surface area contributed by atoms with Crippen LogP contribution in [-0.4, -0.2) is 34.1 Å². The molecule has 8 nitrogen and oxygen atoms in total. The van der Waals surface area contributed by atoms with Gasteiger partial charge in [0.1, 0.15) is 0 Å². The molecule has 88 valence electrons. The Kier molecular flexibility index (Phi) is 22.8. The molecule has 0 heterocycles. The van der Waals surface area contributed by atoms with Crippen molar-refractivity contribution in [1.29, 1.82) is 0 Å². The van der Waals surface area contributed by atoms with Gasteiger partial charge in [0.15, 0.2) is 0 Å². The Labute approximate surface area is 135 Å². The van der Waals surface area contributed by atoms with E-state index in [1.807, 2.05) is 0 Å². The molecule has 18 heavy (non-hydrogen) atoms. The Morgan fingerprint density at radius 2 is 0.944 bits per heavy atom. The fourth-order valence-corrected chi connectivity index (χ4v) is 0.279. The summed E-state index contributed by atoms with van der Waals surface area (Å²) in [5.74, 6) is -5.61. The smallest absolute Gasteiger partial charge is 0.545 e. The van der Waals surface area contributed by atoms with Gasteiger partial charge in [0.05, 0.1) is 11.9 Å². The van der Waals surface area contributed by atoms with Crippen LogP contribution < -0.4 is 58.6 Å². The molecule has 0 radical (unpaired) electrons. The van der Waals surface area contributed by atoms with E-state index >= 15 is 0 Å². The van der Waals surface area contributed by atoms with Gasteiger partial charge in [0.2, 0.25) is 0 Å². The van der Waals surface area contributed by atoms with Gasteiger partial charge in [0.25, 0.3) is 0 Å². The molecule has 0 saturated carbocycles. The molecule has 0 rings (SSSR count). The van der Waals surface area contributed by atoms with Gasteiger partial charge in [-0.25, -0.2) is 9.59 Å². The minimum absolute atomic E-state index is 0. The quantitative estimate of drug-likeness (QED) is 0.373. The van der Waals surface area contributed by atoms with Crippen molar-refractivity contribution in [2.24, 2.45) is 0 Å². The Bertz CT molecular complexity index is 283. The van der Waals surface area contributed by atoms with Gasteiger partial charge in [-0.15, -0.1) is 0 Å². The third kappa shape index (κ3) is 36.3. The maximum absolute atomic E-state index is 9.55. The average Bonchev–Trinajstić information content (AvgIpc) is 2.12. The van der Waals surface area contributed by atoms with Crippen molar-refractivity contribution in [3.63, 3.8) is 0 Å². The van der Waals surface area contributed by atoms with E-state index in [2.05, 4.69) is 0 Å². The maximum atomic E-state index is 9.55. The van der Waals surface area contributed by atoms with Gasteiger partial charge in [-0.05, 0) is 12.2 Å². The summed E-state index contributed by atoms with van der Waals surface area (Å²) in [5.41, 5.74) is 0. The molecule has 0 aliphatic carbocycles. The summed E-state index contributed by atoms with van der Waals surface area (Å²) < 4.78 is 0. The molecule has 0 bridgehead atoms. The summed E-state index contributed by atoms with van der Waals surface area (Å²) in [7, 11) is 0. The normalized spacial score (nSPS) is 8.44. The molecule has 0 aromatic rings. The molecule has 0 atom stereocenters. The van der Waals surface area contributed by atoms with Crippen molar-refractivity contribution in [3.05, 3.63) is 24.3 Å². The van der Waals surface area contributed by atoms with Crippen LogP contribution in [0.25, 0.3) is 0 Å². The molecule has 0 aliphatic heterocycles. The zero-order chi connectivity index (χ0) is 13.1. The Balaban J connectivity index is -0.0000000980. The fraction of sp³-hybridized carbons (Fsp3) is 0. The van der Waals surface area contributed by atoms with Crippen LogP contribution in [0.1, 0.15) is 0 Å². The number of carboxylic acids is 4. The maximum Gasteiger partial charge on any atom is 1.00 e. The van der Waals surface area contributed by atoms with Gasteiger partial charge < -0.3 is 30.0 Å². The van der Waals surface area contributed by atoms with E-state index in [1.165, 1.54) is 0 Å². The molecular weight excluding hydrogens is 254 g/mol. The molecular formula is C8H6LiNaO8. The van der Waals surface area contributed by atoms with E-state index in [4.69, 9.17) is 10.2 Å². The van der Waals surface area contributed by atoms with Gasteiger partial charge in [-0.1, -0.05) is 0 Å². The number of aliphatic carboxylic acids is 4. The van der Waals surface area contributed by atoms with Crippen LogP contribution in [0.15, 0.2) is 24.3 Å². The molecule has 0 fully saturated rings. The zero-order valence-corrected chi connectivity index (χ0v) is 11.7. The minimum atomic E-state index is -1.55. The first kappa shape index (κ1) is 25.7. The first-order valence-electron chi connectivity index (χ1n) is 3.49. The van der Waals surface area contributed by atoms with E-state index in [9.17, 15) is 29.4 Å². The average molecular weight is 260 g/mol. The van der Waals surface area contributed by atoms with Crippen molar-refractivity contribution in [1.82, 2.24) is 0 Å². The van der Waals surface area contributed by atoms with Crippen molar-refractivity contribution in [3.8, 4) is 0 Å². The Morgan fingerprint density at radius 3 is 1.06 bits per heavy atom. The zero-order valence-electron chi connectivity index (χ0n) is 9.65. The van der Waals surface area contributed by atoms with Crippen molar-refractivity contribution < 1.29 is 88.0 Å².